The lowest BCUT2D eigenvalue weighted by Crippen LogP contribution is -2.42. The number of likely N-dealkylation sites (tertiary alicyclic amines) is 2. The summed E-state index contributed by atoms with van der Waals surface area (Å²) in [6, 6.07) is 22.9. The summed E-state index contributed by atoms with van der Waals surface area (Å²) in [4.78, 5) is 27.7. The lowest BCUT2D eigenvalue weighted by atomic mass is 9.77. The summed E-state index contributed by atoms with van der Waals surface area (Å²) >= 11 is 0. The Morgan fingerprint density at radius 2 is 1.67 bits per heavy atom. The van der Waals surface area contributed by atoms with Crippen LogP contribution in [0.25, 0.3) is 11.0 Å². The first-order valence-electron chi connectivity index (χ1n) is 18.0. The van der Waals surface area contributed by atoms with Crippen LogP contribution in [-0.4, -0.2) is 90.3 Å². The van der Waals surface area contributed by atoms with Gasteiger partial charge in [-0.05, 0) is 97.7 Å². The second kappa shape index (κ2) is 15.6. The zero-order valence-corrected chi connectivity index (χ0v) is 30.2. The molecule has 272 valence electrons. The van der Waals surface area contributed by atoms with Crippen molar-refractivity contribution in [2.45, 2.75) is 44.7 Å². The largest absolute Gasteiger partial charge is 0.493 e. The number of aromatic nitrogens is 3. The van der Waals surface area contributed by atoms with Gasteiger partial charge in [-0.3, -0.25) is 9.78 Å². The fourth-order valence-corrected chi connectivity index (χ4v) is 7.87. The average Bonchev–Trinajstić information content (AvgIpc) is 3.76. The Hall–Kier alpha value is -5.16. The molecule has 0 spiro atoms. The molecule has 5 aromatic rings. The van der Waals surface area contributed by atoms with E-state index in [0.29, 0.717) is 48.5 Å². The number of hydrogen-bond donors (Lipinski definition) is 1. The molecule has 2 aromatic heterocycles. The first-order valence-corrected chi connectivity index (χ1v) is 18.0. The van der Waals surface area contributed by atoms with Crippen molar-refractivity contribution >= 4 is 22.9 Å². The SMILES string of the molecule is COc1cc(C(=O)N2CCC(CCN3CCC(Nc4nc5ccccc5n4Cc4cccnc4)CC3)(Cc3ccc(F)cc3)C2)cc(OC)c1OC. The van der Waals surface area contributed by atoms with Gasteiger partial charge in [0.1, 0.15) is 5.82 Å². The number of para-hydroxylation sites is 2. The van der Waals surface area contributed by atoms with E-state index in [9.17, 15) is 9.18 Å². The minimum Gasteiger partial charge on any atom is -0.493 e. The van der Waals surface area contributed by atoms with Gasteiger partial charge in [-0.15, -0.1) is 0 Å². The van der Waals surface area contributed by atoms with E-state index in [1.165, 1.54) is 12.1 Å². The number of fused-ring (bicyclic) bond motifs is 1. The number of anilines is 1. The normalized spacial score (nSPS) is 18.1. The van der Waals surface area contributed by atoms with Crippen molar-refractivity contribution in [1.29, 1.82) is 0 Å². The summed E-state index contributed by atoms with van der Waals surface area (Å²) in [6.07, 6.45) is 8.30. The van der Waals surface area contributed by atoms with Crippen LogP contribution in [0.3, 0.4) is 0 Å². The lowest BCUT2D eigenvalue weighted by Gasteiger charge is -2.36. The summed E-state index contributed by atoms with van der Waals surface area (Å²) in [5, 5.41) is 3.78. The minimum absolute atomic E-state index is 0.0679. The number of carbonyl (C=O) groups is 1. The molecule has 1 unspecified atom stereocenters. The number of imidazole rings is 1. The number of carbonyl (C=O) groups excluding carboxylic acids is 1. The van der Waals surface area contributed by atoms with E-state index in [0.717, 1.165) is 79.8 Å². The van der Waals surface area contributed by atoms with Crippen LogP contribution in [0.1, 0.15) is 47.2 Å². The molecule has 2 saturated heterocycles. The predicted octanol–water partition coefficient (Wildman–Crippen LogP) is 6.69. The van der Waals surface area contributed by atoms with E-state index in [2.05, 4.69) is 44.0 Å². The van der Waals surface area contributed by atoms with Crippen LogP contribution in [0.4, 0.5) is 10.3 Å². The van der Waals surface area contributed by atoms with Gasteiger partial charge in [0.25, 0.3) is 5.91 Å². The van der Waals surface area contributed by atoms with Crippen LogP contribution in [0.5, 0.6) is 17.2 Å². The Morgan fingerprint density at radius 3 is 2.37 bits per heavy atom. The van der Waals surface area contributed by atoms with E-state index >= 15 is 0 Å². The van der Waals surface area contributed by atoms with Gasteiger partial charge in [0.15, 0.2) is 11.5 Å². The standard InChI is InChI=1S/C41H47FN6O4/c1-50-36-23-31(24-37(51-2)38(36)52-3)39(49)47-22-17-41(28-47,25-29-10-12-32(42)13-11-29)16-21-46-19-14-33(15-20-46)44-40-45-34-8-4-5-9-35(34)48(40)27-30-7-6-18-43-26-30/h4-13,18,23-24,26,33H,14-17,19-22,25,27-28H2,1-3H3,(H,44,45). The number of pyridine rings is 1. The van der Waals surface area contributed by atoms with E-state index in [4.69, 9.17) is 19.2 Å². The Balaban J connectivity index is 1.02. The Labute approximate surface area is 304 Å². The number of ether oxygens (including phenoxy) is 3. The number of amides is 1. The summed E-state index contributed by atoms with van der Waals surface area (Å²) in [5.74, 6) is 1.94. The fraction of sp³-hybridized carbons (Fsp3) is 0.390. The first-order chi connectivity index (χ1) is 25.4. The minimum atomic E-state index is -0.243. The number of nitrogens with one attached hydrogen (secondary N) is 1. The number of methoxy groups -OCH3 is 3. The molecule has 0 saturated carbocycles. The molecule has 2 fully saturated rings. The molecular weight excluding hydrogens is 659 g/mol. The number of rotatable bonds is 13. The maximum Gasteiger partial charge on any atom is 0.254 e. The van der Waals surface area contributed by atoms with Gasteiger partial charge in [-0.25, -0.2) is 9.37 Å². The lowest BCUT2D eigenvalue weighted by molar-refractivity contribution is 0.0762. The molecule has 4 heterocycles. The molecule has 11 heteroatoms. The fourth-order valence-electron chi connectivity index (χ4n) is 7.87. The highest BCUT2D eigenvalue weighted by Crippen LogP contribution is 2.41. The third kappa shape index (κ3) is 7.69. The summed E-state index contributed by atoms with van der Waals surface area (Å²) in [6.45, 7) is 4.83. The molecule has 10 nitrogen and oxygen atoms in total. The topological polar surface area (TPSA) is 94.0 Å². The molecule has 7 rings (SSSR count). The molecule has 1 N–H and O–H groups in total. The van der Waals surface area contributed by atoms with Gasteiger partial charge in [0, 0.05) is 50.2 Å². The van der Waals surface area contributed by atoms with Crippen LogP contribution in [0.2, 0.25) is 0 Å². The number of halogens is 1. The third-order valence-electron chi connectivity index (χ3n) is 10.7. The van der Waals surface area contributed by atoms with Crippen molar-refractivity contribution in [3.8, 4) is 17.2 Å². The predicted molar refractivity (Wildman–Crippen MR) is 200 cm³/mol. The molecular formula is C41H47FN6O4. The van der Waals surface area contributed by atoms with Crippen molar-refractivity contribution in [3.05, 3.63) is 108 Å². The highest BCUT2D eigenvalue weighted by atomic mass is 19.1. The van der Waals surface area contributed by atoms with Crippen LogP contribution >= 0.6 is 0 Å². The highest BCUT2D eigenvalue weighted by Gasteiger charge is 2.41. The summed E-state index contributed by atoms with van der Waals surface area (Å²) in [7, 11) is 4.65. The van der Waals surface area contributed by atoms with Gasteiger partial charge >= 0.3 is 0 Å². The maximum atomic E-state index is 13.9. The summed E-state index contributed by atoms with van der Waals surface area (Å²) in [5.41, 5.74) is 4.66. The average molecular weight is 707 g/mol. The van der Waals surface area contributed by atoms with Crippen molar-refractivity contribution in [2.75, 3.05) is 59.4 Å². The highest BCUT2D eigenvalue weighted by molar-refractivity contribution is 5.96. The van der Waals surface area contributed by atoms with Gasteiger partial charge in [0.2, 0.25) is 11.7 Å². The van der Waals surface area contributed by atoms with E-state index in [1.807, 2.05) is 35.4 Å². The van der Waals surface area contributed by atoms with Crippen molar-refractivity contribution in [2.24, 2.45) is 5.41 Å². The molecule has 0 radical (unpaired) electrons. The quantitative estimate of drug-likeness (QED) is 0.145. The number of hydrogen-bond acceptors (Lipinski definition) is 8. The van der Waals surface area contributed by atoms with Gasteiger partial charge in [0.05, 0.1) is 38.9 Å². The molecule has 0 aliphatic carbocycles. The van der Waals surface area contributed by atoms with Crippen molar-refractivity contribution in [3.63, 3.8) is 0 Å². The number of nitrogens with zero attached hydrogens (tertiary/aromatic N) is 5. The van der Waals surface area contributed by atoms with Crippen LogP contribution in [0, 0.1) is 11.2 Å². The van der Waals surface area contributed by atoms with Crippen LogP contribution in [0.15, 0.2) is 85.2 Å². The Kier molecular flexibility index (Phi) is 10.6. The van der Waals surface area contributed by atoms with Crippen molar-refractivity contribution < 1.29 is 23.4 Å². The molecule has 3 aromatic carbocycles. The van der Waals surface area contributed by atoms with Crippen molar-refractivity contribution in [1.82, 2.24) is 24.3 Å². The van der Waals surface area contributed by atoms with E-state index < -0.39 is 0 Å². The van der Waals surface area contributed by atoms with Gasteiger partial charge < -0.3 is 33.9 Å². The second-order valence-electron chi connectivity index (χ2n) is 14.1. The second-order valence-corrected chi connectivity index (χ2v) is 14.1. The first kappa shape index (κ1) is 35.3. The number of benzene rings is 3. The zero-order chi connectivity index (χ0) is 36.1. The van der Waals surface area contributed by atoms with E-state index in [1.54, 1.807) is 39.7 Å². The zero-order valence-electron chi connectivity index (χ0n) is 30.2. The maximum absolute atomic E-state index is 13.9. The molecule has 2 aliphatic heterocycles. The smallest absolute Gasteiger partial charge is 0.254 e. The third-order valence-corrected chi connectivity index (χ3v) is 10.7. The molecule has 0 bridgehead atoms. The Bertz CT molecular complexity index is 1950. The molecule has 52 heavy (non-hydrogen) atoms. The van der Waals surface area contributed by atoms with Gasteiger partial charge in [-0.1, -0.05) is 30.3 Å². The molecule has 2 aliphatic rings. The Morgan fingerprint density at radius 1 is 0.923 bits per heavy atom. The molecule has 1 amide bonds. The van der Waals surface area contributed by atoms with Gasteiger partial charge in [-0.2, -0.15) is 0 Å². The number of piperidine rings is 1. The summed E-state index contributed by atoms with van der Waals surface area (Å²) < 4.78 is 32.6. The van der Waals surface area contributed by atoms with Crippen LogP contribution < -0.4 is 19.5 Å². The van der Waals surface area contributed by atoms with Crippen LogP contribution in [-0.2, 0) is 13.0 Å². The van der Waals surface area contributed by atoms with E-state index in [-0.39, 0.29) is 17.1 Å². The monoisotopic (exact) mass is 706 g/mol. The molecule has 1 atom stereocenters.